The number of hydrogen-bond donors (Lipinski definition) is 1. The molecule has 0 saturated carbocycles. The number of sulfonamides is 1. The molecule has 1 unspecified atom stereocenters. The number of benzene rings is 1. The lowest BCUT2D eigenvalue weighted by molar-refractivity contribution is -0.132. The topological polar surface area (TPSA) is 84.9 Å². The number of hydrogen-bond acceptors (Lipinski definition) is 5. The fraction of sp³-hybridized carbons (Fsp3) is 0.632. The summed E-state index contributed by atoms with van der Waals surface area (Å²) in [4.78, 5) is 14.2. The largest absolute Gasteiger partial charge is 0.490 e. The first-order chi connectivity index (χ1) is 12.9. The van der Waals surface area contributed by atoms with Crippen molar-refractivity contribution in [2.24, 2.45) is 5.92 Å². The van der Waals surface area contributed by atoms with E-state index in [9.17, 15) is 13.2 Å². The van der Waals surface area contributed by atoms with Crippen LogP contribution in [0.4, 0.5) is 0 Å². The van der Waals surface area contributed by atoms with Crippen LogP contribution in [0.1, 0.15) is 40.0 Å². The second kappa shape index (κ2) is 9.94. The summed E-state index contributed by atoms with van der Waals surface area (Å²) < 4.78 is 38.5. The van der Waals surface area contributed by atoms with Gasteiger partial charge in [0.15, 0.2) is 11.5 Å². The van der Waals surface area contributed by atoms with Gasteiger partial charge >= 0.3 is 0 Å². The average molecular weight is 399 g/mol. The molecule has 1 N–H and O–H groups in total. The molecule has 8 heteroatoms. The van der Waals surface area contributed by atoms with Gasteiger partial charge in [-0.25, -0.2) is 13.1 Å². The summed E-state index contributed by atoms with van der Waals surface area (Å²) in [6.45, 7) is 8.24. The molecule has 0 spiro atoms. The highest BCUT2D eigenvalue weighted by Crippen LogP contribution is 2.30. The van der Waals surface area contributed by atoms with Crippen LogP contribution in [0.3, 0.4) is 0 Å². The van der Waals surface area contributed by atoms with Crippen LogP contribution in [-0.4, -0.2) is 52.1 Å². The highest BCUT2D eigenvalue weighted by atomic mass is 32.2. The maximum atomic E-state index is 12.5. The quantitative estimate of drug-likeness (QED) is 0.690. The van der Waals surface area contributed by atoms with Crippen LogP contribution < -0.4 is 14.2 Å². The molecule has 1 heterocycles. The van der Waals surface area contributed by atoms with Crippen LogP contribution in [0.5, 0.6) is 11.5 Å². The van der Waals surface area contributed by atoms with Crippen LogP contribution in [-0.2, 0) is 14.8 Å². The first-order valence-corrected chi connectivity index (χ1v) is 11.0. The van der Waals surface area contributed by atoms with Crippen LogP contribution in [0.15, 0.2) is 23.1 Å². The van der Waals surface area contributed by atoms with Gasteiger partial charge < -0.3 is 14.4 Å². The number of amides is 1. The molecule has 0 radical (unpaired) electrons. The van der Waals surface area contributed by atoms with Gasteiger partial charge in [-0.15, -0.1) is 0 Å². The molecule has 0 bridgehead atoms. The molecule has 1 aliphatic heterocycles. The normalized spacial score (nSPS) is 17.6. The van der Waals surface area contributed by atoms with Crippen molar-refractivity contribution in [2.75, 3.05) is 32.8 Å². The number of likely N-dealkylation sites (tertiary alicyclic amines) is 1. The zero-order valence-electron chi connectivity index (χ0n) is 16.4. The second-order valence-electron chi connectivity index (χ2n) is 6.71. The summed E-state index contributed by atoms with van der Waals surface area (Å²) in [5.74, 6) is 1.39. The summed E-state index contributed by atoms with van der Waals surface area (Å²) in [5.41, 5.74) is 0. The van der Waals surface area contributed by atoms with Gasteiger partial charge in [-0.1, -0.05) is 6.92 Å². The van der Waals surface area contributed by atoms with E-state index in [2.05, 4.69) is 11.6 Å². The lowest BCUT2D eigenvalue weighted by Gasteiger charge is -2.31. The van der Waals surface area contributed by atoms with Gasteiger partial charge in [0, 0.05) is 32.1 Å². The Labute approximate surface area is 162 Å². The van der Waals surface area contributed by atoms with E-state index in [1.54, 1.807) is 6.07 Å². The molecular weight excluding hydrogens is 368 g/mol. The zero-order valence-corrected chi connectivity index (χ0v) is 17.2. The number of nitrogens with zero attached hydrogens (tertiary/aromatic N) is 1. The Kier molecular flexibility index (Phi) is 7.91. The van der Waals surface area contributed by atoms with E-state index in [1.165, 1.54) is 12.1 Å². The highest BCUT2D eigenvalue weighted by Gasteiger charge is 2.22. The molecule has 27 heavy (non-hydrogen) atoms. The Bertz CT molecular complexity index is 736. The number of carbonyl (C=O) groups excluding carboxylic acids is 1. The van der Waals surface area contributed by atoms with E-state index in [0.717, 1.165) is 25.9 Å². The molecule has 1 aromatic rings. The van der Waals surface area contributed by atoms with Crippen molar-refractivity contribution >= 4 is 15.9 Å². The summed E-state index contributed by atoms with van der Waals surface area (Å²) in [5, 5.41) is 0. The summed E-state index contributed by atoms with van der Waals surface area (Å²) >= 11 is 0. The van der Waals surface area contributed by atoms with Crippen molar-refractivity contribution in [1.29, 1.82) is 0 Å². The minimum atomic E-state index is -3.73. The molecule has 2 rings (SSSR count). The lowest BCUT2D eigenvalue weighted by atomic mass is 10.0. The Balaban J connectivity index is 1.97. The van der Waals surface area contributed by atoms with Gasteiger partial charge in [0.05, 0.1) is 18.1 Å². The first-order valence-electron chi connectivity index (χ1n) is 9.54. The third-order valence-corrected chi connectivity index (χ3v) is 5.92. The lowest BCUT2D eigenvalue weighted by Crippen LogP contribution is -2.40. The van der Waals surface area contributed by atoms with Crippen molar-refractivity contribution in [3.05, 3.63) is 18.2 Å². The molecule has 1 atom stereocenters. The highest BCUT2D eigenvalue weighted by molar-refractivity contribution is 7.89. The van der Waals surface area contributed by atoms with Crippen LogP contribution >= 0.6 is 0 Å². The summed E-state index contributed by atoms with van der Waals surface area (Å²) in [6.07, 6.45) is 2.29. The Morgan fingerprint density at radius 1 is 1.22 bits per heavy atom. The maximum absolute atomic E-state index is 12.5. The fourth-order valence-electron chi connectivity index (χ4n) is 3.15. The molecule has 1 amide bonds. The molecule has 1 aliphatic rings. The van der Waals surface area contributed by atoms with Gasteiger partial charge in [0.2, 0.25) is 15.9 Å². The van der Waals surface area contributed by atoms with E-state index in [0.29, 0.717) is 30.6 Å². The van der Waals surface area contributed by atoms with E-state index in [1.807, 2.05) is 18.7 Å². The molecule has 0 aromatic heterocycles. The van der Waals surface area contributed by atoms with Crippen LogP contribution in [0, 0.1) is 5.92 Å². The van der Waals surface area contributed by atoms with Gasteiger partial charge in [-0.2, -0.15) is 0 Å². The average Bonchev–Trinajstić information content (AvgIpc) is 2.63. The standard InChI is InChI=1S/C19H30N2O5S/c1-4-25-17-9-8-16(13-18(17)26-5-2)27(23,24)20-11-10-19(22)21-12-6-7-15(3)14-21/h8-9,13,15,20H,4-7,10-12,14H2,1-3H3. The number of ether oxygens (including phenoxy) is 2. The van der Waals surface area contributed by atoms with E-state index in [-0.39, 0.29) is 23.8 Å². The van der Waals surface area contributed by atoms with E-state index >= 15 is 0 Å². The van der Waals surface area contributed by atoms with E-state index < -0.39 is 10.0 Å². The van der Waals surface area contributed by atoms with Gasteiger partial charge in [0.1, 0.15) is 0 Å². The Hall–Kier alpha value is -1.80. The summed E-state index contributed by atoms with van der Waals surface area (Å²) in [6, 6.07) is 4.51. The van der Waals surface area contributed by atoms with Gasteiger partial charge in [-0.05, 0) is 44.7 Å². The van der Waals surface area contributed by atoms with Crippen LogP contribution in [0.25, 0.3) is 0 Å². The number of nitrogens with one attached hydrogen (secondary N) is 1. The monoisotopic (exact) mass is 398 g/mol. The van der Waals surface area contributed by atoms with Crippen molar-refractivity contribution in [1.82, 2.24) is 9.62 Å². The Morgan fingerprint density at radius 2 is 1.93 bits per heavy atom. The minimum absolute atomic E-state index is 0.00838. The van der Waals surface area contributed by atoms with Crippen molar-refractivity contribution in [3.8, 4) is 11.5 Å². The van der Waals surface area contributed by atoms with Crippen molar-refractivity contribution in [3.63, 3.8) is 0 Å². The predicted molar refractivity (Wildman–Crippen MR) is 104 cm³/mol. The SMILES string of the molecule is CCOc1ccc(S(=O)(=O)NCCC(=O)N2CCCC(C)C2)cc1OCC. The summed E-state index contributed by atoms with van der Waals surface area (Å²) in [7, 11) is -3.73. The smallest absolute Gasteiger partial charge is 0.240 e. The van der Waals surface area contributed by atoms with Crippen LogP contribution in [0.2, 0.25) is 0 Å². The number of piperidine rings is 1. The Morgan fingerprint density at radius 3 is 2.59 bits per heavy atom. The maximum Gasteiger partial charge on any atom is 0.240 e. The molecule has 0 aliphatic carbocycles. The van der Waals surface area contributed by atoms with Crippen molar-refractivity contribution in [2.45, 2.75) is 44.9 Å². The fourth-order valence-corrected chi connectivity index (χ4v) is 4.20. The van der Waals surface area contributed by atoms with Gasteiger partial charge in [0.25, 0.3) is 0 Å². The third kappa shape index (κ3) is 6.10. The number of carbonyl (C=O) groups is 1. The molecule has 152 valence electrons. The third-order valence-electron chi connectivity index (χ3n) is 4.47. The van der Waals surface area contributed by atoms with Gasteiger partial charge in [-0.3, -0.25) is 4.79 Å². The number of rotatable bonds is 9. The molecule has 1 saturated heterocycles. The van der Waals surface area contributed by atoms with E-state index in [4.69, 9.17) is 9.47 Å². The van der Waals surface area contributed by atoms with Crippen molar-refractivity contribution < 1.29 is 22.7 Å². The molecule has 1 fully saturated rings. The predicted octanol–water partition coefficient (Wildman–Crippen LogP) is 2.41. The zero-order chi connectivity index (χ0) is 19.9. The molecule has 7 nitrogen and oxygen atoms in total. The minimum Gasteiger partial charge on any atom is -0.490 e. The molecular formula is C19H30N2O5S. The molecule has 1 aromatic carbocycles. The first kappa shape index (κ1) is 21.5. The second-order valence-corrected chi connectivity index (χ2v) is 8.48.